The monoisotopic (exact) mass is 330 g/mol. The van der Waals surface area contributed by atoms with Gasteiger partial charge in [-0.05, 0) is 31.8 Å². The number of carbonyl (C=O) groups is 1. The molecule has 0 saturated carbocycles. The molecule has 1 saturated heterocycles. The Kier molecular flexibility index (Phi) is 5.60. The second-order valence-corrected chi connectivity index (χ2v) is 7.17. The number of piperidine rings is 1. The summed E-state index contributed by atoms with van der Waals surface area (Å²) in [6, 6.07) is 1.21. The van der Waals surface area contributed by atoms with E-state index in [0.717, 1.165) is 32.2 Å². The van der Waals surface area contributed by atoms with Gasteiger partial charge in [0.25, 0.3) is 10.0 Å². The van der Waals surface area contributed by atoms with Crippen LogP contribution in [0.1, 0.15) is 30.1 Å². The lowest BCUT2D eigenvalue weighted by Crippen LogP contribution is -2.40. The number of furan rings is 1. The van der Waals surface area contributed by atoms with Crippen molar-refractivity contribution < 1.29 is 22.4 Å². The van der Waals surface area contributed by atoms with Crippen molar-refractivity contribution in [1.82, 2.24) is 9.62 Å². The molecular formula is C14H22N2O5S. The molecule has 0 spiro atoms. The third kappa shape index (κ3) is 3.68. The smallest absolute Gasteiger partial charge is 0.341 e. The van der Waals surface area contributed by atoms with Gasteiger partial charge in [-0.1, -0.05) is 6.92 Å². The Bertz CT molecular complexity index is 603. The summed E-state index contributed by atoms with van der Waals surface area (Å²) in [5, 5.41) is 3.08. The van der Waals surface area contributed by atoms with Crippen LogP contribution in [0.4, 0.5) is 0 Å². The Morgan fingerprint density at radius 1 is 1.45 bits per heavy atom. The summed E-state index contributed by atoms with van der Waals surface area (Å²) in [5.41, 5.74) is 0.100. The Hall–Kier alpha value is -1.38. The molecule has 0 unspecified atom stereocenters. The highest BCUT2D eigenvalue weighted by molar-refractivity contribution is 7.89. The number of methoxy groups -OCH3 is 1. The predicted octanol–water partition coefficient (Wildman–Crippen LogP) is 1.08. The van der Waals surface area contributed by atoms with E-state index >= 15 is 0 Å². The minimum atomic E-state index is -3.69. The van der Waals surface area contributed by atoms with Crippen LogP contribution in [0.2, 0.25) is 0 Å². The Balaban J connectivity index is 2.02. The van der Waals surface area contributed by atoms with Gasteiger partial charge in [0.2, 0.25) is 5.09 Å². The van der Waals surface area contributed by atoms with Gasteiger partial charge in [0.05, 0.1) is 12.7 Å². The van der Waals surface area contributed by atoms with Crippen molar-refractivity contribution in [1.29, 1.82) is 0 Å². The summed E-state index contributed by atoms with van der Waals surface area (Å²) >= 11 is 0. The number of rotatable bonds is 6. The molecule has 7 nitrogen and oxygen atoms in total. The third-order valence-corrected chi connectivity index (χ3v) is 5.61. The van der Waals surface area contributed by atoms with Crippen molar-refractivity contribution in [2.75, 3.05) is 33.3 Å². The molecule has 2 heterocycles. The molecule has 1 aromatic rings. The first-order valence-electron chi connectivity index (χ1n) is 7.36. The highest BCUT2D eigenvalue weighted by Crippen LogP contribution is 2.25. The molecule has 1 aliphatic rings. The number of nitrogens with one attached hydrogen (secondary N) is 1. The van der Waals surface area contributed by atoms with Crippen LogP contribution >= 0.6 is 0 Å². The van der Waals surface area contributed by atoms with Crippen molar-refractivity contribution in [2.24, 2.45) is 5.92 Å². The van der Waals surface area contributed by atoms with E-state index in [0.29, 0.717) is 19.0 Å². The first-order valence-corrected chi connectivity index (χ1v) is 8.80. The predicted molar refractivity (Wildman–Crippen MR) is 80.1 cm³/mol. The zero-order chi connectivity index (χ0) is 16.2. The molecule has 2 rings (SSSR count). The highest BCUT2D eigenvalue weighted by Gasteiger charge is 2.32. The van der Waals surface area contributed by atoms with Gasteiger partial charge in [-0.15, -0.1) is 0 Å². The first kappa shape index (κ1) is 17.0. The topological polar surface area (TPSA) is 88.9 Å². The average molecular weight is 330 g/mol. The fraction of sp³-hybridized carbons (Fsp3) is 0.643. The zero-order valence-corrected chi connectivity index (χ0v) is 13.7. The summed E-state index contributed by atoms with van der Waals surface area (Å²) in [7, 11) is -2.45. The molecule has 0 amide bonds. The van der Waals surface area contributed by atoms with E-state index in [4.69, 9.17) is 4.42 Å². The lowest BCUT2D eigenvalue weighted by Gasteiger charge is -2.30. The second-order valence-electron chi connectivity index (χ2n) is 5.30. The first-order chi connectivity index (χ1) is 10.5. The van der Waals surface area contributed by atoms with Gasteiger partial charge < -0.3 is 14.5 Å². The van der Waals surface area contributed by atoms with E-state index in [2.05, 4.69) is 17.0 Å². The van der Waals surface area contributed by atoms with E-state index < -0.39 is 16.0 Å². The van der Waals surface area contributed by atoms with Gasteiger partial charge in [-0.2, -0.15) is 4.31 Å². The maximum Gasteiger partial charge on any atom is 0.341 e. The van der Waals surface area contributed by atoms with Crippen molar-refractivity contribution in [3.05, 3.63) is 17.9 Å². The van der Waals surface area contributed by atoms with E-state index in [-0.39, 0.29) is 10.7 Å². The number of hydrogen-bond acceptors (Lipinski definition) is 6. The largest absolute Gasteiger partial charge is 0.465 e. The van der Waals surface area contributed by atoms with Gasteiger partial charge in [0.15, 0.2) is 0 Å². The van der Waals surface area contributed by atoms with Crippen molar-refractivity contribution >= 4 is 16.0 Å². The summed E-state index contributed by atoms with van der Waals surface area (Å²) in [6.07, 6.45) is 2.74. The summed E-state index contributed by atoms with van der Waals surface area (Å²) in [4.78, 5) is 11.4. The number of ether oxygens (including phenoxy) is 1. The molecule has 0 bridgehead atoms. The van der Waals surface area contributed by atoms with Crippen LogP contribution in [0.5, 0.6) is 0 Å². The van der Waals surface area contributed by atoms with Gasteiger partial charge in [-0.25, -0.2) is 13.2 Å². The number of nitrogens with zero attached hydrogens (tertiary/aromatic N) is 1. The molecule has 0 aliphatic carbocycles. The minimum Gasteiger partial charge on any atom is -0.465 e. The molecule has 1 aromatic heterocycles. The zero-order valence-electron chi connectivity index (χ0n) is 12.9. The lowest BCUT2D eigenvalue weighted by atomic mass is 9.98. The van der Waals surface area contributed by atoms with Crippen LogP contribution in [-0.4, -0.2) is 52.0 Å². The molecule has 1 aliphatic heterocycles. The maximum absolute atomic E-state index is 12.5. The average Bonchev–Trinajstić information content (AvgIpc) is 3.03. The Morgan fingerprint density at radius 3 is 2.73 bits per heavy atom. The van der Waals surface area contributed by atoms with Crippen molar-refractivity contribution in [2.45, 2.75) is 24.9 Å². The molecule has 0 atom stereocenters. The van der Waals surface area contributed by atoms with Crippen LogP contribution in [-0.2, 0) is 14.8 Å². The van der Waals surface area contributed by atoms with E-state index in [9.17, 15) is 13.2 Å². The van der Waals surface area contributed by atoms with Crippen LogP contribution in [0.15, 0.2) is 21.8 Å². The standard InChI is InChI=1S/C14H22N2O5S/c1-3-15-9-11-4-6-16(7-5-11)22(18,19)13-8-12(10-21-13)14(17)20-2/h8,10-11,15H,3-7,9H2,1-2H3. The number of hydrogen-bond donors (Lipinski definition) is 1. The van der Waals surface area contributed by atoms with Crippen LogP contribution < -0.4 is 5.32 Å². The minimum absolute atomic E-state index is 0.100. The van der Waals surface area contributed by atoms with Crippen LogP contribution in [0, 0.1) is 5.92 Å². The van der Waals surface area contributed by atoms with Gasteiger partial charge in [0, 0.05) is 19.2 Å². The van der Waals surface area contributed by atoms with Crippen molar-refractivity contribution in [3.63, 3.8) is 0 Å². The number of esters is 1. The summed E-state index contributed by atoms with van der Waals surface area (Å²) in [6.45, 7) is 4.81. The molecule has 8 heteroatoms. The quantitative estimate of drug-likeness (QED) is 0.785. The van der Waals surface area contributed by atoms with Gasteiger partial charge >= 0.3 is 5.97 Å². The lowest BCUT2D eigenvalue weighted by molar-refractivity contribution is 0.0600. The van der Waals surface area contributed by atoms with Crippen LogP contribution in [0.3, 0.4) is 0 Å². The van der Waals surface area contributed by atoms with E-state index in [1.54, 1.807) is 0 Å². The van der Waals surface area contributed by atoms with E-state index in [1.165, 1.54) is 17.5 Å². The Labute approximate surface area is 130 Å². The number of sulfonamides is 1. The third-order valence-electron chi connectivity index (χ3n) is 3.85. The van der Waals surface area contributed by atoms with E-state index in [1.807, 2.05) is 0 Å². The van der Waals surface area contributed by atoms with Gasteiger partial charge in [0.1, 0.15) is 6.26 Å². The number of carbonyl (C=O) groups excluding carboxylic acids is 1. The molecule has 124 valence electrons. The highest BCUT2D eigenvalue weighted by atomic mass is 32.2. The molecule has 0 radical (unpaired) electrons. The molecule has 22 heavy (non-hydrogen) atoms. The maximum atomic E-state index is 12.5. The fourth-order valence-corrected chi connectivity index (χ4v) is 3.90. The fourth-order valence-electron chi connectivity index (χ4n) is 2.51. The molecular weight excluding hydrogens is 308 g/mol. The molecule has 1 fully saturated rings. The molecule has 0 aromatic carbocycles. The second kappa shape index (κ2) is 7.26. The van der Waals surface area contributed by atoms with Crippen LogP contribution in [0.25, 0.3) is 0 Å². The summed E-state index contributed by atoms with van der Waals surface area (Å²) < 4.78 is 36.0. The SMILES string of the molecule is CCNCC1CCN(S(=O)(=O)c2cc(C(=O)OC)co2)CC1. The van der Waals surface area contributed by atoms with Gasteiger partial charge in [-0.3, -0.25) is 0 Å². The Morgan fingerprint density at radius 2 is 2.14 bits per heavy atom. The normalized spacial score (nSPS) is 17.5. The summed E-state index contributed by atoms with van der Waals surface area (Å²) in [5.74, 6) is -0.122. The molecule has 1 N–H and O–H groups in total. The van der Waals surface area contributed by atoms with Crippen molar-refractivity contribution in [3.8, 4) is 0 Å².